The first-order chi connectivity index (χ1) is 10.4. The standard InChI is InChI=1S/C17H23N3S/c1-21-17-15(6-4-10-20-11-8-18-9-12-20)13-14-5-2-3-7-16(14)19-17/h2-3,5,7,13,18H,4,6,8-12H2,1H3. The zero-order chi connectivity index (χ0) is 14.5. The molecule has 1 aliphatic heterocycles. The lowest BCUT2D eigenvalue weighted by atomic mass is 10.1. The fourth-order valence-corrected chi connectivity index (χ4v) is 3.54. The molecular weight excluding hydrogens is 278 g/mol. The number of pyridine rings is 1. The maximum Gasteiger partial charge on any atom is 0.0996 e. The molecule has 1 aromatic carbocycles. The molecule has 4 heteroatoms. The number of benzene rings is 1. The highest BCUT2D eigenvalue weighted by molar-refractivity contribution is 7.98. The highest BCUT2D eigenvalue weighted by Crippen LogP contribution is 2.24. The number of nitrogens with one attached hydrogen (secondary N) is 1. The number of aromatic nitrogens is 1. The Morgan fingerprint density at radius 3 is 2.86 bits per heavy atom. The third-order valence-electron chi connectivity index (χ3n) is 4.09. The molecule has 0 saturated carbocycles. The number of para-hydroxylation sites is 1. The molecule has 1 aromatic heterocycles. The average Bonchev–Trinajstić information content (AvgIpc) is 2.55. The van der Waals surface area contributed by atoms with E-state index in [1.807, 2.05) is 0 Å². The zero-order valence-electron chi connectivity index (χ0n) is 12.6. The van der Waals surface area contributed by atoms with E-state index in [1.165, 1.54) is 42.0 Å². The van der Waals surface area contributed by atoms with Crippen molar-refractivity contribution in [2.75, 3.05) is 39.0 Å². The Kier molecular flexibility index (Phi) is 5.12. The van der Waals surface area contributed by atoms with Crippen LogP contribution in [0, 0.1) is 0 Å². The van der Waals surface area contributed by atoms with Crippen LogP contribution in [0.15, 0.2) is 35.4 Å². The van der Waals surface area contributed by atoms with E-state index in [0.717, 1.165) is 25.0 Å². The minimum atomic E-state index is 1.10. The minimum Gasteiger partial charge on any atom is -0.314 e. The summed E-state index contributed by atoms with van der Waals surface area (Å²) in [5.41, 5.74) is 2.50. The summed E-state index contributed by atoms with van der Waals surface area (Å²) in [5.74, 6) is 0. The van der Waals surface area contributed by atoms with Crippen molar-refractivity contribution in [2.24, 2.45) is 0 Å². The van der Waals surface area contributed by atoms with Crippen LogP contribution in [0.4, 0.5) is 0 Å². The SMILES string of the molecule is CSc1nc2ccccc2cc1CCCN1CCNCC1. The molecule has 1 aliphatic rings. The second-order valence-electron chi connectivity index (χ2n) is 5.54. The Bertz CT molecular complexity index is 594. The summed E-state index contributed by atoms with van der Waals surface area (Å²) in [4.78, 5) is 7.36. The number of hydrogen-bond acceptors (Lipinski definition) is 4. The Morgan fingerprint density at radius 1 is 1.24 bits per heavy atom. The van der Waals surface area contributed by atoms with Gasteiger partial charge in [-0.3, -0.25) is 0 Å². The second kappa shape index (κ2) is 7.25. The first kappa shape index (κ1) is 14.8. The first-order valence-electron chi connectivity index (χ1n) is 7.72. The van der Waals surface area contributed by atoms with Crippen LogP contribution in [0.2, 0.25) is 0 Å². The van der Waals surface area contributed by atoms with Crippen molar-refractivity contribution in [3.05, 3.63) is 35.9 Å². The van der Waals surface area contributed by atoms with Crippen LogP contribution in [0.3, 0.4) is 0 Å². The molecule has 3 nitrogen and oxygen atoms in total. The van der Waals surface area contributed by atoms with E-state index in [-0.39, 0.29) is 0 Å². The van der Waals surface area contributed by atoms with Gasteiger partial charge in [0.15, 0.2) is 0 Å². The molecule has 1 fully saturated rings. The van der Waals surface area contributed by atoms with Gasteiger partial charge in [-0.1, -0.05) is 18.2 Å². The molecule has 0 aliphatic carbocycles. The van der Waals surface area contributed by atoms with Crippen LogP contribution in [0.1, 0.15) is 12.0 Å². The molecule has 1 saturated heterocycles. The van der Waals surface area contributed by atoms with E-state index in [2.05, 4.69) is 46.8 Å². The van der Waals surface area contributed by atoms with Crippen LogP contribution in [0.5, 0.6) is 0 Å². The largest absolute Gasteiger partial charge is 0.314 e. The van der Waals surface area contributed by atoms with E-state index in [9.17, 15) is 0 Å². The molecule has 3 rings (SSSR count). The van der Waals surface area contributed by atoms with Gasteiger partial charge >= 0.3 is 0 Å². The Labute approximate surface area is 131 Å². The lowest BCUT2D eigenvalue weighted by Gasteiger charge is -2.27. The number of piperazine rings is 1. The Balaban J connectivity index is 1.67. The molecule has 21 heavy (non-hydrogen) atoms. The molecule has 0 unspecified atom stereocenters. The van der Waals surface area contributed by atoms with Crippen molar-refractivity contribution >= 4 is 22.7 Å². The minimum absolute atomic E-state index is 1.10. The van der Waals surface area contributed by atoms with Gasteiger partial charge in [-0.2, -0.15) is 0 Å². The lowest BCUT2D eigenvalue weighted by Crippen LogP contribution is -2.43. The van der Waals surface area contributed by atoms with Crippen molar-refractivity contribution in [3.8, 4) is 0 Å². The molecule has 0 bridgehead atoms. The summed E-state index contributed by atoms with van der Waals surface area (Å²) >= 11 is 1.76. The van der Waals surface area contributed by atoms with Gasteiger partial charge in [0.25, 0.3) is 0 Å². The monoisotopic (exact) mass is 301 g/mol. The second-order valence-corrected chi connectivity index (χ2v) is 6.34. The van der Waals surface area contributed by atoms with Crippen LogP contribution in [-0.4, -0.2) is 48.9 Å². The zero-order valence-corrected chi connectivity index (χ0v) is 13.5. The molecular formula is C17H23N3S. The van der Waals surface area contributed by atoms with Crippen LogP contribution in [0.25, 0.3) is 10.9 Å². The highest BCUT2D eigenvalue weighted by Gasteiger charge is 2.10. The maximum absolute atomic E-state index is 4.80. The average molecular weight is 301 g/mol. The molecule has 2 aromatic rings. The van der Waals surface area contributed by atoms with Gasteiger partial charge in [-0.25, -0.2) is 4.98 Å². The Hall–Kier alpha value is -1.10. The number of nitrogens with zero attached hydrogens (tertiary/aromatic N) is 2. The first-order valence-corrected chi connectivity index (χ1v) is 8.95. The van der Waals surface area contributed by atoms with Crippen molar-refractivity contribution in [3.63, 3.8) is 0 Å². The number of thioether (sulfide) groups is 1. The number of rotatable bonds is 5. The summed E-state index contributed by atoms with van der Waals surface area (Å²) in [6, 6.07) is 10.7. The summed E-state index contributed by atoms with van der Waals surface area (Å²) in [6.45, 7) is 5.83. The van der Waals surface area contributed by atoms with Crippen molar-refractivity contribution in [1.29, 1.82) is 0 Å². The third-order valence-corrected chi connectivity index (χ3v) is 4.83. The fourth-order valence-electron chi connectivity index (χ4n) is 2.93. The van der Waals surface area contributed by atoms with Crippen molar-refractivity contribution in [1.82, 2.24) is 15.2 Å². The van der Waals surface area contributed by atoms with Gasteiger partial charge in [-0.05, 0) is 43.3 Å². The summed E-state index contributed by atoms with van der Waals surface area (Å²) in [6.07, 6.45) is 4.46. The lowest BCUT2D eigenvalue weighted by molar-refractivity contribution is 0.238. The smallest absolute Gasteiger partial charge is 0.0996 e. The summed E-state index contributed by atoms with van der Waals surface area (Å²) in [5, 5.41) is 5.85. The van der Waals surface area contributed by atoms with Gasteiger partial charge in [0.05, 0.1) is 10.5 Å². The van der Waals surface area contributed by atoms with Crippen LogP contribution in [-0.2, 0) is 6.42 Å². The quantitative estimate of drug-likeness (QED) is 0.860. The fraction of sp³-hybridized carbons (Fsp3) is 0.471. The van der Waals surface area contributed by atoms with Crippen LogP contribution >= 0.6 is 11.8 Å². The van der Waals surface area contributed by atoms with E-state index >= 15 is 0 Å². The number of hydrogen-bond donors (Lipinski definition) is 1. The third kappa shape index (κ3) is 3.76. The van der Waals surface area contributed by atoms with E-state index in [0.29, 0.717) is 0 Å². The van der Waals surface area contributed by atoms with E-state index < -0.39 is 0 Å². The molecule has 0 radical (unpaired) electrons. The van der Waals surface area contributed by atoms with Gasteiger partial charge < -0.3 is 10.2 Å². The van der Waals surface area contributed by atoms with Gasteiger partial charge in [0, 0.05) is 31.6 Å². The van der Waals surface area contributed by atoms with Crippen molar-refractivity contribution in [2.45, 2.75) is 17.9 Å². The normalized spacial score (nSPS) is 16.4. The van der Waals surface area contributed by atoms with Crippen LogP contribution < -0.4 is 5.32 Å². The predicted molar refractivity (Wildman–Crippen MR) is 91.2 cm³/mol. The number of fused-ring (bicyclic) bond motifs is 1. The molecule has 112 valence electrons. The van der Waals surface area contributed by atoms with Gasteiger partial charge in [0.1, 0.15) is 0 Å². The van der Waals surface area contributed by atoms with E-state index in [1.54, 1.807) is 11.8 Å². The van der Waals surface area contributed by atoms with Crippen molar-refractivity contribution < 1.29 is 0 Å². The summed E-state index contributed by atoms with van der Waals surface area (Å²) < 4.78 is 0. The molecule has 0 spiro atoms. The van der Waals surface area contributed by atoms with Gasteiger partial charge in [0.2, 0.25) is 0 Å². The molecule has 1 N–H and O–H groups in total. The molecule has 2 heterocycles. The Morgan fingerprint density at radius 2 is 2.05 bits per heavy atom. The van der Waals surface area contributed by atoms with Gasteiger partial charge in [-0.15, -0.1) is 11.8 Å². The molecule has 0 atom stereocenters. The predicted octanol–water partition coefficient (Wildman–Crippen LogP) is 2.79. The topological polar surface area (TPSA) is 28.2 Å². The summed E-state index contributed by atoms with van der Waals surface area (Å²) in [7, 11) is 0. The maximum atomic E-state index is 4.80. The van der Waals surface area contributed by atoms with E-state index in [4.69, 9.17) is 4.98 Å². The number of aryl methyl sites for hydroxylation is 1. The highest BCUT2D eigenvalue weighted by atomic mass is 32.2. The molecule has 0 amide bonds.